The predicted octanol–water partition coefficient (Wildman–Crippen LogP) is 3.78. The first-order chi connectivity index (χ1) is 7.71. The molecule has 0 aromatic heterocycles. The van der Waals surface area contributed by atoms with Crippen molar-refractivity contribution in [2.45, 2.75) is 59.0 Å². The number of hydrogen-bond donors (Lipinski definition) is 1. The van der Waals surface area contributed by atoms with Gasteiger partial charge in [-0.1, -0.05) is 32.9 Å². The molecule has 0 aliphatic heterocycles. The summed E-state index contributed by atoms with van der Waals surface area (Å²) in [6.45, 7) is 13.6. The second-order valence-corrected chi connectivity index (χ2v) is 7.85. The summed E-state index contributed by atoms with van der Waals surface area (Å²) >= 11 is 0. The van der Waals surface area contributed by atoms with Crippen LogP contribution in [0.1, 0.15) is 53.4 Å². The second-order valence-electron chi connectivity index (χ2n) is 7.85. The molecule has 0 spiro atoms. The first-order valence-electron chi connectivity index (χ1n) is 7.12. The van der Waals surface area contributed by atoms with E-state index < -0.39 is 5.60 Å². The van der Waals surface area contributed by atoms with Crippen molar-refractivity contribution in [1.29, 1.82) is 0 Å². The molecule has 0 radical (unpaired) electrons. The van der Waals surface area contributed by atoms with Crippen LogP contribution in [0.25, 0.3) is 0 Å². The Hall–Kier alpha value is -0.300. The van der Waals surface area contributed by atoms with Gasteiger partial charge in [0.25, 0.3) is 0 Å². The van der Waals surface area contributed by atoms with Gasteiger partial charge in [-0.25, -0.2) is 0 Å². The van der Waals surface area contributed by atoms with E-state index in [4.69, 9.17) is 0 Å². The molecule has 3 aliphatic rings. The number of fused-ring (bicyclic) bond motifs is 3. The molecule has 5 unspecified atom stereocenters. The fourth-order valence-corrected chi connectivity index (χ4v) is 5.31. The van der Waals surface area contributed by atoms with Gasteiger partial charge >= 0.3 is 0 Å². The summed E-state index contributed by atoms with van der Waals surface area (Å²) in [5.74, 6) is 1.96. The van der Waals surface area contributed by atoms with E-state index in [1.807, 2.05) is 0 Å². The van der Waals surface area contributed by atoms with Gasteiger partial charge in [-0.15, -0.1) is 0 Å². The zero-order valence-electron chi connectivity index (χ0n) is 11.7. The number of rotatable bonds is 0. The SMILES string of the molecule is C=C1CCC2C(C3C(C)(O)CCC13C)C2(C)C. The van der Waals surface area contributed by atoms with Gasteiger partial charge in [0.1, 0.15) is 0 Å². The van der Waals surface area contributed by atoms with Crippen molar-refractivity contribution in [2.24, 2.45) is 28.6 Å². The van der Waals surface area contributed by atoms with Crippen molar-refractivity contribution in [2.75, 3.05) is 0 Å². The summed E-state index contributed by atoms with van der Waals surface area (Å²) in [4.78, 5) is 0. The summed E-state index contributed by atoms with van der Waals surface area (Å²) in [5.41, 5.74) is 1.57. The first kappa shape index (κ1) is 11.8. The topological polar surface area (TPSA) is 20.2 Å². The van der Waals surface area contributed by atoms with Crippen molar-refractivity contribution in [3.63, 3.8) is 0 Å². The van der Waals surface area contributed by atoms with E-state index in [0.717, 1.165) is 18.8 Å². The summed E-state index contributed by atoms with van der Waals surface area (Å²) in [6.07, 6.45) is 4.54. The fourth-order valence-electron chi connectivity index (χ4n) is 5.31. The maximum Gasteiger partial charge on any atom is 0.0659 e. The Morgan fingerprint density at radius 2 is 1.82 bits per heavy atom. The molecule has 0 bridgehead atoms. The maximum atomic E-state index is 10.8. The van der Waals surface area contributed by atoms with Crippen LogP contribution in [-0.4, -0.2) is 10.7 Å². The fraction of sp³-hybridized carbons (Fsp3) is 0.875. The molecule has 3 saturated carbocycles. The van der Waals surface area contributed by atoms with E-state index in [2.05, 4.69) is 34.3 Å². The molecule has 3 aliphatic carbocycles. The molecule has 0 aromatic rings. The van der Waals surface area contributed by atoms with Crippen molar-refractivity contribution in [3.05, 3.63) is 12.2 Å². The molecular weight excluding hydrogens is 208 g/mol. The lowest BCUT2D eigenvalue weighted by molar-refractivity contribution is -0.0173. The van der Waals surface area contributed by atoms with Crippen LogP contribution in [-0.2, 0) is 0 Å². The van der Waals surface area contributed by atoms with Crippen LogP contribution in [0.5, 0.6) is 0 Å². The van der Waals surface area contributed by atoms with Gasteiger partial charge in [0.15, 0.2) is 0 Å². The molecule has 0 saturated heterocycles. The summed E-state index contributed by atoms with van der Waals surface area (Å²) < 4.78 is 0. The second kappa shape index (κ2) is 2.99. The number of allylic oxidation sites excluding steroid dienone is 1. The molecule has 0 heterocycles. The maximum absolute atomic E-state index is 10.8. The molecular formula is C16H26O. The van der Waals surface area contributed by atoms with Gasteiger partial charge in [-0.2, -0.15) is 0 Å². The van der Waals surface area contributed by atoms with E-state index in [1.165, 1.54) is 18.4 Å². The predicted molar refractivity (Wildman–Crippen MR) is 70.6 cm³/mol. The largest absolute Gasteiger partial charge is 0.390 e. The van der Waals surface area contributed by atoms with Crippen LogP contribution >= 0.6 is 0 Å². The molecule has 0 aromatic carbocycles. The highest BCUT2D eigenvalue weighted by atomic mass is 16.3. The lowest BCUT2D eigenvalue weighted by Gasteiger charge is -2.39. The molecule has 1 N–H and O–H groups in total. The van der Waals surface area contributed by atoms with Crippen LogP contribution in [0.2, 0.25) is 0 Å². The average molecular weight is 234 g/mol. The molecule has 5 atom stereocenters. The third kappa shape index (κ3) is 1.30. The minimum atomic E-state index is -0.473. The summed E-state index contributed by atoms with van der Waals surface area (Å²) in [6, 6.07) is 0. The summed E-state index contributed by atoms with van der Waals surface area (Å²) in [5, 5.41) is 10.8. The zero-order chi connectivity index (χ0) is 12.6. The van der Waals surface area contributed by atoms with Crippen LogP contribution in [0.3, 0.4) is 0 Å². The van der Waals surface area contributed by atoms with Crippen molar-refractivity contribution in [1.82, 2.24) is 0 Å². The van der Waals surface area contributed by atoms with Gasteiger partial charge in [0, 0.05) is 5.92 Å². The van der Waals surface area contributed by atoms with Gasteiger partial charge in [-0.05, 0) is 55.3 Å². The number of aliphatic hydroxyl groups is 1. The molecule has 1 nitrogen and oxygen atoms in total. The third-order valence-corrected chi connectivity index (χ3v) is 6.57. The molecule has 1 heteroatoms. The van der Waals surface area contributed by atoms with E-state index in [1.54, 1.807) is 0 Å². The van der Waals surface area contributed by atoms with Gasteiger partial charge in [0.05, 0.1) is 5.60 Å². The number of hydrogen-bond acceptors (Lipinski definition) is 1. The molecule has 0 amide bonds. The first-order valence-corrected chi connectivity index (χ1v) is 7.12. The van der Waals surface area contributed by atoms with Crippen LogP contribution in [0, 0.1) is 28.6 Å². The van der Waals surface area contributed by atoms with E-state index in [9.17, 15) is 5.11 Å². The van der Waals surface area contributed by atoms with E-state index >= 15 is 0 Å². The van der Waals surface area contributed by atoms with Crippen molar-refractivity contribution in [3.8, 4) is 0 Å². The minimum Gasteiger partial charge on any atom is -0.390 e. The average Bonchev–Trinajstić information content (AvgIpc) is 2.67. The highest BCUT2D eigenvalue weighted by Crippen LogP contribution is 2.74. The molecule has 3 rings (SSSR count). The van der Waals surface area contributed by atoms with E-state index in [-0.39, 0.29) is 5.41 Å². The van der Waals surface area contributed by atoms with Crippen molar-refractivity contribution >= 4 is 0 Å². The molecule has 96 valence electrons. The quantitative estimate of drug-likeness (QED) is 0.632. The third-order valence-electron chi connectivity index (χ3n) is 6.57. The van der Waals surface area contributed by atoms with E-state index in [0.29, 0.717) is 17.3 Å². The Kier molecular flexibility index (Phi) is 2.07. The van der Waals surface area contributed by atoms with Gasteiger partial charge in [-0.3, -0.25) is 0 Å². The standard InChI is InChI=1S/C16H26O/c1-10-6-7-11-12(14(11,2)3)13-15(10,4)8-9-16(13,5)17/h11-13,17H,1,6-9H2,2-5H3. The monoisotopic (exact) mass is 234 g/mol. The Balaban J connectivity index is 2.06. The molecule has 3 fully saturated rings. The highest BCUT2D eigenvalue weighted by Gasteiger charge is 2.70. The van der Waals surface area contributed by atoms with Crippen molar-refractivity contribution < 1.29 is 5.11 Å². The Morgan fingerprint density at radius 1 is 1.18 bits per heavy atom. The van der Waals surface area contributed by atoms with Crippen LogP contribution < -0.4 is 0 Å². The Labute approximate surface area is 105 Å². The smallest absolute Gasteiger partial charge is 0.0659 e. The Bertz CT molecular complexity index is 379. The highest BCUT2D eigenvalue weighted by molar-refractivity contribution is 5.27. The lowest BCUT2D eigenvalue weighted by atomic mass is 9.67. The lowest BCUT2D eigenvalue weighted by Crippen LogP contribution is -2.39. The zero-order valence-corrected chi connectivity index (χ0v) is 11.7. The van der Waals surface area contributed by atoms with Gasteiger partial charge < -0.3 is 5.11 Å². The minimum absolute atomic E-state index is 0.191. The normalized spacial score (nSPS) is 56.1. The van der Waals surface area contributed by atoms with Gasteiger partial charge in [0.2, 0.25) is 0 Å². The van der Waals surface area contributed by atoms with Crippen LogP contribution in [0.15, 0.2) is 12.2 Å². The van der Waals surface area contributed by atoms with Crippen LogP contribution in [0.4, 0.5) is 0 Å². The molecule has 17 heavy (non-hydrogen) atoms. The summed E-state index contributed by atoms with van der Waals surface area (Å²) in [7, 11) is 0. The Morgan fingerprint density at radius 3 is 2.47 bits per heavy atom.